The van der Waals surface area contributed by atoms with Crippen LogP contribution in [0.5, 0.6) is 5.06 Å². The summed E-state index contributed by atoms with van der Waals surface area (Å²) in [6, 6.07) is 9.05. The Bertz CT molecular complexity index is 586. The van der Waals surface area contributed by atoms with Crippen LogP contribution in [0.15, 0.2) is 18.2 Å². The molecule has 0 aliphatic heterocycles. The predicted molar refractivity (Wildman–Crippen MR) is 52.9 cm³/mol. The second-order valence-corrected chi connectivity index (χ2v) is 3.72. The van der Waals surface area contributed by atoms with Crippen LogP contribution >= 0.6 is 11.3 Å². The van der Waals surface area contributed by atoms with E-state index in [4.69, 9.17) is 10.5 Å². The molecular formula is C10H4N2OS. The van der Waals surface area contributed by atoms with Gasteiger partial charge in [-0.05, 0) is 12.1 Å². The summed E-state index contributed by atoms with van der Waals surface area (Å²) in [6.45, 7) is 0. The lowest BCUT2D eigenvalue weighted by molar-refractivity contribution is 0.490. The van der Waals surface area contributed by atoms with Crippen LogP contribution in [0.2, 0.25) is 0 Å². The predicted octanol–water partition coefficient (Wildman–Crippen LogP) is 2.35. The van der Waals surface area contributed by atoms with E-state index in [1.807, 2.05) is 12.1 Å². The minimum absolute atomic E-state index is 0.0230. The molecule has 0 spiro atoms. The van der Waals surface area contributed by atoms with Crippen molar-refractivity contribution in [1.29, 1.82) is 10.5 Å². The summed E-state index contributed by atoms with van der Waals surface area (Å²) in [5.41, 5.74) is 0.623. The molecule has 14 heavy (non-hydrogen) atoms. The maximum absolute atomic E-state index is 9.44. The Morgan fingerprint density at radius 1 is 1.21 bits per heavy atom. The Labute approximate surface area is 84.1 Å². The van der Waals surface area contributed by atoms with Crippen molar-refractivity contribution in [3.63, 3.8) is 0 Å². The number of aromatic hydroxyl groups is 1. The molecule has 0 aliphatic rings. The SMILES string of the molecule is N#Cc1cccc2sc(O)c(C#N)c12. The monoisotopic (exact) mass is 200 g/mol. The molecule has 2 aromatic rings. The van der Waals surface area contributed by atoms with Gasteiger partial charge in [-0.2, -0.15) is 10.5 Å². The average Bonchev–Trinajstić information content (AvgIpc) is 2.52. The number of rotatable bonds is 0. The highest BCUT2D eigenvalue weighted by Gasteiger charge is 2.13. The number of hydrogen-bond acceptors (Lipinski definition) is 4. The lowest BCUT2D eigenvalue weighted by atomic mass is 10.1. The molecule has 1 aromatic carbocycles. The number of benzene rings is 1. The van der Waals surface area contributed by atoms with E-state index in [9.17, 15) is 5.11 Å². The van der Waals surface area contributed by atoms with Crippen LogP contribution in [0.25, 0.3) is 10.1 Å². The Kier molecular flexibility index (Phi) is 1.85. The van der Waals surface area contributed by atoms with Gasteiger partial charge in [0.15, 0.2) is 5.06 Å². The normalized spacial score (nSPS) is 9.57. The number of thiophene rings is 1. The Hall–Kier alpha value is -2.04. The molecule has 1 N–H and O–H groups in total. The van der Waals surface area contributed by atoms with E-state index >= 15 is 0 Å². The van der Waals surface area contributed by atoms with Gasteiger partial charge in [0.1, 0.15) is 11.6 Å². The molecule has 1 aromatic heterocycles. The third-order valence-electron chi connectivity index (χ3n) is 1.93. The van der Waals surface area contributed by atoms with Crippen molar-refractivity contribution in [3.05, 3.63) is 29.3 Å². The molecule has 1 heterocycles. The van der Waals surface area contributed by atoms with E-state index < -0.39 is 0 Å². The molecule has 0 aliphatic carbocycles. The molecule has 2 rings (SSSR count). The van der Waals surface area contributed by atoms with Gasteiger partial charge >= 0.3 is 0 Å². The fourth-order valence-corrected chi connectivity index (χ4v) is 2.25. The molecule has 0 saturated carbocycles. The van der Waals surface area contributed by atoms with Crippen LogP contribution in [-0.4, -0.2) is 5.11 Å². The molecule has 0 unspecified atom stereocenters. The quantitative estimate of drug-likeness (QED) is 0.709. The Morgan fingerprint density at radius 3 is 2.64 bits per heavy atom. The zero-order chi connectivity index (χ0) is 10.1. The number of fused-ring (bicyclic) bond motifs is 1. The van der Waals surface area contributed by atoms with Crippen molar-refractivity contribution in [2.24, 2.45) is 0 Å². The smallest absolute Gasteiger partial charge is 0.190 e. The molecule has 4 heteroatoms. The summed E-state index contributed by atoms with van der Waals surface area (Å²) in [4.78, 5) is 0. The molecule has 66 valence electrons. The van der Waals surface area contributed by atoms with Gasteiger partial charge in [-0.1, -0.05) is 17.4 Å². The zero-order valence-electron chi connectivity index (χ0n) is 6.98. The van der Waals surface area contributed by atoms with E-state index in [0.29, 0.717) is 10.9 Å². The lowest BCUT2D eigenvalue weighted by Crippen LogP contribution is -1.77. The van der Waals surface area contributed by atoms with Gasteiger partial charge in [-0.15, -0.1) is 0 Å². The summed E-state index contributed by atoms with van der Waals surface area (Å²) in [7, 11) is 0. The summed E-state index contributed by atoms with van der Waals surface area (Å²) in [5, 5.41) is 27.6. The topological polar surface area (TPSA) is 67.8 Å². The van der Waals surface area contributed by atoms with Gasteiger partial charge in [0.25, 0.3) is 0 Å². The molecule has 0 saturated heterocycles. The van der Waals surface area contributed by atoms with Gasteiger partial charge in [0, 0.05) is 10.1 Å². The highest BCUT2D eigenvalue weighted by atomic mass is 32.1. The van der Waals surface area contributed by atoms with Crippen molar-refractivity contribution in [1.82, 2.24) is 0 Å². The minimum atomic E-state index is -0.0230. The van der Waals surface area contributed by atoms with E-state index in [2.05, 4.69) is 0 Å². The van der Waals surface area contributed by atoms with Crippen LogP contribution in [0, 0.1) is 22.7 Å². The van der Waals surface area contributed by atoms with Crippen LogP contribution in [0.1, 0.15) is 11.1 Å². The maximum atomic E-state index is 9.44. The Morgan fingerprint density at radius 2 is 2.00 bits per heavy atom. The lowest BCUT2D eigenvalue weighted by Gasteiger charge is -1.91. The third kappa shape index (κ3) is 1.02. The van der Waals surface area contributed by atoms with Gasteiger partial charge in [0.05, 0.1) is 11.6 Å². The van der Waals surface area contributed by atoms with Crippen LogP contribution < -0.4 is 0 Å². The zero-order valence-corrected chi connectivity index (χ0v) is 7.80. The maximum Gasteiger partial charge on any atom is 0.190 e. The largest absolute Gasteiger partial charge is 0.499 e. The summed E-state index contributed by atoms with van der Waals surface area (Å²) < 4.78 is 0.762. The highest BCUT2D eigenvalue weighted by Crippen LogP contribution is 2.37. The number of hydrogen-bond donors (Lipinski definition) is 1. The summed E-state index contributed by atoms with van der Waals surface area (Å²) in [6.07, 6.45) is 0. The Balaban J connectivity index is 3.00. The fourth-order valence-electron chi connectivity index (χ4n) is 1.33. The second-order valence-electron chi connectivity index (χ2n) is 2.68. The van der Waals surface area contributed by atoms with Gasteiger partial charge in [-0.25, -0.2) is 0 Å². The summed E-state index contributed by atoms with van der Waals surface area (Å²) >= 11 is 1.11. The van der Waals surface area contributed by atoms with Gasteiger partial charge < -0.3 is 5.11 Å². The first kappa shape index (κ1) is 8.55. The van der Waals surface area contributed by atoms with E-state index in [-0.39, 0.29) is 10.6 Å². The first-order valence-corrected chi connectivity index (χ1v) is 4.64. The standard InChI is InChI=1S/C10H4N2OS/c11-4-6-2-1-3-8-9(6)7(5-12)10(13)14-8/h1-3,13H. The van der Waals surface area contributed by atoms with E-state index in [0.717, 1.165) is 16.0 Å². The van der Waals surface area contributed by atoms with Gasteiger partial charge in [0.2, 0.25) is 0 Å². The van der Waals surface area contributed by atoms with Crippen LogP contribution in [-0.2, 0) is 0 Å². The average molecular weight is 200 g/mol. The number of nitriles is 2. The molecular weight excluding hydrogens is 196 g/mol. The molecule has 3 nitrogen and oxygen atoms in total. The van der Waals surface area contributed by atoms with Crippen molar-refractivity contribution in [2.45, 2.75) is 0 Å². The molecule has 0 bridgehead atoms. The van der Waals surface area contributed by atoms with Crippen molar-refractivity contribution >= 4 is 21.4 Å². The van der Waals surface area contributed by atoms with E-state index in [1.54, 1.807) is 18.2 Å². The fraction of sp³-hybridized carbons (Fsp3) is 0. The summed E-state index contributed by atoms with van der Waals surface area (Å²) in [5.74, 6) is 0. The molecule has 0 atom stereocenters. The van der Waals surface area contributed by atoms with Crippen LogP contribution in [0.3, 0.4) is 0 Å². The van der Waals surface area contributed by atoms with Crippen molar-refractivity contribution < 1.29 is 5.11 Å². The third-order valence-corrected chi connectivity index (χ3v) is 2.89. The highest BCUT2D eigenvalue weighted by molar-refractivity contribution is 7.21. The molecule has 0 fully saturated rings. The van der Waals surface area contributed by atoms with Crippen molar-refractivity contribution in [2.75, 3.05) is 0 Å². The minimum Gasteiger partial charge on any atom is -0.499 e. The second kappa shape index (κ2) is 3.02. The first-order valence-electron chi connectivity index (χ1n) is 3.82. The van der Waals surface area contributed by atoms with Crippen molar-refractivity contribution in [3.8, 4) is 17.2 Å². The number of nitrogens with zero attached hydrogens (tertiary/aromatic N) is 2. The molecule has 0 radical (unpaired) electrons. The van der Waals surface area contributed by atoms with Gasteiger partial charge in [-0.3, -0.25) is 0 Å². The first-order chi connectivity index (χ1) is 6.77. The van der Waals surface area contributed by atoms with Crippen LogP contribution in [0.4, 0.5) is 0 Å². The molecule has 0 amide bonds. The van der Waals surface area contributed by atoms with E-state index in [1.165, 1.54) is 0 Å².